The fraction of sp³-hybridized carbons (Fsp3) is 0.357. The molecule has 1 N–H and O–H groups in total. The Kier molecular flexibility index (Phi) is 3.52. The molecule has 2 heterocycles. The minimum Gasteiger partial charge on any atom is -0.492 e. The lowest BCUT2D eigenvalue weighted by Crippen LogP contribution is -2.20. The average Bonchev–Trinajstić information content (AvgIpc) is 2.69. The van der Waals surface area contributed by atoms with Crippen molar-refractivity contribution in [2.75, 3.05) is 11.9 Å². The number of halogens is 2. The Hall–Kier alpha value is -1.39. The van der Waals surface area contributed by atoms with E-state index in [1.807, 2.05) is 26.2 Å². The molecule has 0 radical (unpaired) electrons. The van der Waals surface area contributed by atoms with Crippen LogP contribution in [0.3, 0.4) is 0 Å². The van der Waals surface area contributed by atoms with Crippen LogP contribution in [0.25, 0.3) is 0 Å². The molecule has 1 unspecified atom stereocenters. The standard InChI is InChI=1S/C14H15Cl2N3O/c1-8-13(7-19(2)18-8)17-12-3-4-20-14-10(12)5-9(15)6-11(14)16/h5-7,12,17H,3-4H2,1-2H3. The molecule has 3 rings (SSSR count). The van der Waals surface area contributed by atoms with Gasteiger partial charge in [-0.05, 0) is 19.1 Å². The molecule has 0 spiro atoms. The Morgan fingerprint density at radius 1 is 1.40 bits per heavy atom. The summed E-state index contributed by atoms with van der Waals surface area (Å²) in [5.41, 5.74) is 2.98. The molecule has 20 heavy (non-hydrogen) atoms. The fourth-order valence-electron chi connectivity index (χ4n) is 2.50. The van der Waals surface area contributed by atoms with Gasteiger partial charge in [-0.2, -0.15) is 5.10 Å². The second-order valence-corrected chi connectivity index (χ2v) is 5.79. The predicted octanol–water partition coefficient (Wildman–Crippen LogP) is 3.97. The van der Waals surface area contributed by atoms with Gasteiger partial charge in [0.15, 0.2) is 0 Å². The van der Waals surface area contributed by atoms with Gasteiger partial charge in [-0.3, -0.25) is 4.68 Å². The second kappa shape index (κ2) is 5.19. The van der Waals surface area contributed by atoms with Gasteiger partial charge in [-0.25, -0.2) is 0 Å². The molecule has 0 fully saturated rings. The largest absolute Gasteiger partial charge is 0.492 e. The molecule has 1 aliphatic heterocycles. The molecule has 0 aliphatic carbocycles. The van der Waals surface area contributed by atoms with Crippen molar-refractivity contribution in [2.24, 2.45) is 7.05 Å². The summed E-state index contributed by atoms with van der Waals surface area (Å²) in [7, 11) is 1.91. The molecule has 1 aromatic heterocycles. The SMILES string of the molecule is Cc1nn(C)cc1NC1CCOc2c(Cl)cc(Cl)cc21. The van der Waals surface area contributed by atoms with Crippen molar-refractivity contribution >= 4 is 28.9 Å². The van der Waals surface area contributed by atoms with Gasteiger partial charge in [0.25, 0.3) is 0 Å². The van der Waals surface area contributed by atoms with Gasteiger partial charge in [0.1, 0.15) is 5.75 Å². The van der Waals surface area contributed by atoms with E-state index in [1.54, 1.807) is 10.7 Å². The molecular weight excluding hydrogens is 297 g/mol. The minimum absolute atomic E-state index is 0.123. The monoisotopic (exact) mass is 311 g/mol. The highest BCUT2D eigenvalue weighted by atomic mass is 35.5. The third-order valence-corrected chi connectivity index (χ3v) is 3.91. The lowest BCUT2D eigenvalue weighted by molar-refractivity contribution is 0.274. The fourth-order valence-corrected chi connectivity index (χ4v) is 3.07. The minimum atomic E-state index is 0.123. The van der Waals surface area contributed by atoms with Crippen molar-refractivity contribution in [3.8, 4) is 5.75 Å². The van der Waals surface area contributed by atoms with Gasteiger partial charge in [-0.1, -0.05) is 23.2 Å². The Labute approximate surface area is 127 Å². The number of hydrogen-bond donors (Lipinski definition) is 1. The van der Waals surface area contributed by atoms with Gasteiger partial charge in [0.05, 0.1) is 29.1 Å². The lowest BCUT2D eigenvalue weighted by Gasteiger charge is -2.28. The summed E-state index contributed by atoms with van der Waals surface area (Å²) in [6, 6.07) is 3.74. The zero-order valence-corrected chi connectivity index (χ0v) is 12.8. The van der Waals surface area contributed by atoms with Crippen LogP contribution in [0.2, 0.25) is 10.0 Å². The molecule has 1 aliphatic rings. The van der Waals surface area contributed by atoms with Crippen LogP contribution >= 0.6 is 23.2 Å². The summed E-state index contributed by atoms with van der Waals surface area (Å²) in [6.45, 7) is 2.61. The number of nitrogens with one attached hydrogen (secondary N) is 1. The van der Waals surface area contributed by atoms with Crippen molar-refractivity contribution in [3.63, 3.8) is 0 Å². The third kappa shape index (κ3) is 2.45. The highest BCUT2D eigenvalue weighted by molar-refractivity contribution is 6.35. The highest BCUT2D eigenvalue weighted by Crippen LogP contribution is 2.41. The summed E-state index contributed by atoms with van der Waals surface area (Å²) in [4.78, 5) is 0. The maximum Gasteiger partial charge on any atom is 0.143 e. The van der Waals surface area contributed by atoms with Crippen LogP contribution in [0.4, 0.5) is 5.69 Å². The maximum atomic E-state index is 6.20. The quantitative estimate of drug-likeness (QED) is 0.912. The van der Waals surface area contributed by atoms with Crippen molar-refractivity contribution in [1.82, 2.24) is 9.78 Å². The lowest BCUT2D eigenvalue weighted by atomic mass is 10.00. The van der Waals surface area contributed by atoms with Gasteiger partial charge >= 0.3 is 0 Å². The number of ether oxygens (including phenoxy) is 1. The summed E-state index contributed by atoms with van der Waals surface area (Å²) >= 11 is 12.3. The first kappa shape index (κ1) is 13.6. The molecule has 6 heteroatoms. The maximum absolute atomic E-state index is 6.20. The van der Waals surface area contributed by atoms with Gasteiger partial charge < -0.3 is 10.1 Å². The number of fused-ring (bicyclic) bond motifs is 1. The van der Waals surface area contributed by atoms with Crippen LogP contribution in [0, 0.1) is 6.92 Å². The molecule has 0 saturated heterocycles. The van der Waals surface area contributed by atoms with E-state index in [9.17, 15) is 0 Å². The first-order valence-electron chi connectivity index (χ1n) is 6.43. The van der Waals surface area contributed by atoms with E-state index >= 15 is 0 Å². The summed E-state index contributed by atoms with van der Waals surface area (Å²) < 4.78 is 7.46. The number of aromatic nitrogens is 2. The predicted molar refractivity (Wildman–Crippen MR) is 80.9 cm³/mol. The van der Waals surface area contributed by atoms with Gasteiger partial charge in [0.2, 0.25) is 0 Å². The van der Waals surface area contributed by atoms with Crippen LogP contribution in [0.1, 0.15) is 23.7 Å². The Morgan fingerprint density at radius 2 is 2.20 bits per heavy atom. The number of anilines is 1. The molecule has 0 saturated carbocycles. The molecule has 4 nitrogen and oxygen atoms in total. The van der Waals surface area contributed by atoms with Crippen molar-refractivity contribution in [1.29, 1.82) is 0 Å². The normalized spacial score (nSPS) is 17.5. The molecule has 1 aromatic carbocycles. The number of benzene rings is 1. The van der Waals surface area contributed by atoms with Crippen molar-refractivity contribution < 1.29 is 4.74 Å². The summed E-state index contributed by atoms with van der Waals surface area (Å²) in [6.07, 6.45) is 2.83. The smallest absolute Gasteiger partial charge is 0.143 e. The molecular formula is C14H15Cl2N3O. The van der Waals surface area contributed by atoms with Crippen molar-refractivity contribution in [2.45, 2.75) is 19.4 Å². The summed E-state index contributed by atoms with van der Waals surface area (Å²) in [5, 5.41) is 9.02. The second-order valence-electron chi connectivity index (χ2n) is 4.94. The van der Waals surface area contributed by atoms with Crippen molar-refractivity contribution in [3.05, 3.63) is 39.6 Å². The molecule has 2 aromatic rings. The van der Waals surface area contributed by atoms with Gasteiger partial charge in [0, 0.05) is 30.3 Å². The first-order valence-corrected chi connectivity index (χ1v) is 7.18. The van der Waals surface area contributed by atoms with E-state index in [0.717, 1.165) is 29.1 Å². The van der Waals surface area contributed by atoms with Crippen LogP contribution in [-0.2, 0) is 7.05 Å². The number of rotatable bonds is 2. The van der Waals surface area contributed by atoms with Gasteiger partial charge in [-0.15, -0.1) is 0 Å². The van der Waals surface area contributed by atoms with E-state index in [0.29, 0.717) is 16.7 Å². The first-order chi connectivity index (χ1) is 9.54. The Morgan fingerprint density at radius 3 is 2.90 bits per heavy atom. The highest BCUT2D eigenvalue weighted by Gasteiger charge is 2.25. The summed E-state index contributed by atoms with van der Waals surface area (Å²) in [5.74, 6) is 0.723. The van der Waals surface area contributed by atoms with Crippen LogP contribution in [-0.4, -0.2) is 16.4 Å². The van der Waals surface area contributed by atoms with E-state index in [2.05, 4.69) is 10.4 Å². The molecule has 1 atom stereocenters. The molecule has 0 amide bonds. The number of aryl methyl sites for hydroxylation is 2. The van der Waals surface area contributed by atoms with E-state index in [4.69, 9.17) is 27.9 Å². The average molecular weight is 312 g/mol. The van der Waals surface area contributed by atoms with E-state index in [-0.39, 0.29) is 6.04 Å². The van der Waals surface area contributed by atoms with Crippen LogP contribution in [0.5, 0.6) is 5.75 Å². The van der Waals surface area contributed by atoms with Crippen LogP contribution in [0.15, 0.2) is 18.3 Å². The zero-order valence-electron chi connectivity index (χ0n) is 11.3. The molecule has 106 valence electrons. The van der Waals surface area contributed by atoms with E-state index < -0.39 is 0 Å². The van der Waals surface area contributed by atoms with E-state index in [1.165, 1.54) is 0 Å². The Balaban J connectivity index is 1.96. The number of hydrogen-bond acceptors (Lipinski definition) is 3. The topological polar surface area (TPSA) is 39.1 Å². The third-order valence-electron chi connectivity index (χ3n) is 3.41. The molecule has 0 bridgehead atoms. The van der Waals surface area contributed by atoms with Crippen LogP contribution < -0.4 is 10.1 Å². The number of nitrogens with zero attached hydrogens (tertiary/aromatic N) is 2. The Bertz CT molecular complexity index is 654. The zero-order chi connectivity index (χ0) is 14.3.